The third-order valence-electron chi connectivity index (χ3n) is 9.25. The highest BCUT2D eigenvalue weighted by Crippen LogP contribution is 2.34. The van der Waals surface area contributed by atoms with Gasteiger partial charge < -0.3 is 5.41 Å². The number of aryl methyl sites for hydroxylation is 1. The van der Waals surface area contributed by atoms with Gasteiger partial charge in [-0.2, -0.15) is 0 Å². The van der Waals surface area contributed by atoms with Crippen LogP contribution in [0.25, 0.3) is 5.70 Å². The summed E-state index contributed by atoms with van der Waals surface area (Å²) in [6.07, 6.45) is 28.9. The van der Waals surface area contributed by atoms with Crippen molar-refractivity contribution < 1.29 is 0 Å². The van der Waals surface area contributed by atoms with Crippen molar-refractivity contribution in [3.05, 3.63) is 88.6 Å². The van der Waals surface area contributed by atoms with Gasteiger partial charge in [0, 0.05) is 17.0 Å². The van der Waals surface area contributed by atoms with Gasteiger partial charge in [-0.1, -0.05) is 107 Å². The van der Waals surface area contributed by atoms with Gasteiger partial charge in [-0.15, -0.1) is 0 Å². The minimum absolute atomic E-state index is 0.482. The lowest BCUT2D eigenvalue weighted by Crippen LogP contribution is -2.19. The summed E-state index contributed by atoms with van der Waals surface area (Å²) in [6.45, 7) is 9.18. The van der Waals surface area contributed by atoms with Crippen LogP contribution < -0.4 is 0 Å². The molecule has 1 aromatic rings. The van der Waals surface area contributed by atoms with Crippen LogP contribution in [-0.2, 0) is 0 Å². The lowest BCUT2D eigenvalue weighted by atomic mass is 9.79. The molecule has 1 N–H and O–H groups in total. The monoisotopic (exact) mass is 536 g/mol. The van der Waals surface area contributed by atoms with Crippen LogP contribution in [0.15, 0.2) is 82.4 Å². The van der Waals surface area contributed by atoms with Crippen molar-refractivity contribution in [2.45, 2.75) is 111 Å². The molecule has 0 aromatic heterocycles. The molecule has 1 aromatic carbocycles. The number of hydrogen-bond acceptors (Lipinski definition) is 2. The Hall–Kier alpha value is -2.74. The highest BCUT2D eigenvalue weighted by atomic mass is 14.8. The number of allylic oxidation sites excluding steroid dienone is 9. The number of nitrogens with one attached hydrogen (secondary N) is 1. The van der Waals surface area contributed by atoms with Gasteiger partial charge in [0.15, 0.2) is 0 Å². The molecule has 2 nitrogen and oxygen atoms in total. The van der Waals surface area contributed by atoms with E-state index in [2.05, 4.69) is 88.4 Å². The SMILES string of the molecule is CCCCCC(C)C(C)CC(=N)C1=CC=CCC1CCCC1=CC/C=C(/c2cccc(C)c2)N=C2CCCC=C12. The Morgan fingerprint density at radius 3 is 2.77 bits per heavy atom. The first kappa shape index (κ1) is 30.2. The highest BCUT2D eigenvalue weighted by Gasteiger charge is 2.23. The zero-order chi connectivity index (χ0) is 28.3. The number of unbranched alkanes of at least 4 members (excludes halogenated alkanes) is 2. The van der Waals surface area contributed by atoms with Crippen molar-refractivity contribution in [2.24, 2.45) is 22.7 Å². The predicted octanol–water partition coefficient (Wildman–Crippen LogP) is 11.2. The maximum Gasteiger partial charge on any atom is 0.0668 e. The molecule has 1 aliphatic heterocycles. The summed E-state index contributed by atoms with van der Waals surface area (Å²) >= 11 is 0. The molecule has 3 aliphatic rings. The summed E-state index contributed by atoms with van der Waals surface area (Å²) < 4.78 is 0. The van der Waals surface area contributed by atoms with Crippen molar-refractivity contribution in [1.29, 1.82) is 5.41 Å². The Labute approximate surface area is 244 Å². The van der Waals surface area contributed by atoms with Crippen LogP contribution in [0.2, 0.25) is 0 Å². The fraction of sp³-hybridized carbons (Fsp3) is 0.526. The number of aliphatic imine (C=N–C) groups is 1. The maximum atomic E-state index is 9.01. The predicted molar refractivity (Wildman–Crippen MR) is 175 cm³/mol. The van der Waals surface area contributed by atoms with Crippen LogP contribution in [-0.4, -0.2) is 11.4 Å². The van der Waals surface area contributed by atoms with Crippen molar-refractivity contribution in [1.82, 2.24) is 0 Å². The molecule has 4 rings (SSSR count). The van der Waals surface area contributed by atoms with Crippen LogP contribution in [0.3, 0.4) is 0 Å². The molecule has 2 aliphatic carbocycles. The van der Waals surface area contributed by atoms with Crippen LogP contribution in [0.5, 0.6) is 0 Å². The van der Waals surface area contributed by atoms with E-state index < -0.39 is 0 Å². The average Bonchev–Trinajstić information content (AvgIpc) is 2.95. The Bertz CT molecular complexity index is 1200. The van der Waals surface area contributed by atoms with E-state index in [9.17, 15) is 0 Å². The number of nitrogens with zero attached hydrogens (tertiary/aromatic N) is 1. The van der Waals surface area contributed by atoms with Gasteiger partial charge in [0.25, 0.3) is 0 Å². The van der Waals surface area contributed by atoms with Crippen LogP contribution in [0, 0.1) is 30.1 Å². The van der Waals surface area contributed by atoms with E-state index in [1.165, 1.54) is 65.7 Å². The average molecular weight is 537 g/mol. The van der Waals surface area contributed by atoms with Gasteiger partial charge >= 0.3 is 0 Å². The van der Waals surface area contributed by atoms with Crippen molar-refractivity contribution >= 4 is 17.1 Å². The molecule has 3 atom stereocenters. The molecule has 1 heterocycles. The fourth-order valence-corrected chi connectivity index (χ4v) is 6.52. The fourth-order valence-electron chi connectivity index (χ4n) is 6.52. The minimum Gasteiger partial charge on any atom is -0.305 e. The normalized spacial score (nSPS) is 21.9. The second-order valence-electron chi connectivity index (χ2n) is 12.5. The molecule has 0 saturated carbocycles. The Balaban J connectivity index is 1.38. The number of hydrogen-bond donors (Lipinski definition) is 1. The Kier molecular flexibility index (Phi) is 11.6. The Morgan fingerprint density at radius 2 is 1.95 bits per heavy atom. The van der Waals surface area contributed by atoms with Crippen LogP contribution >= 0.6 is 0 Å². The maximum absolute atomic E-state index is 9.01. The largest absolute Gasteiger partial charge is 0.305 e. The first-order valence-corrected chi connectivity index (χ1v) is 16.2. The molecule has 214 valence electrons. The zero-order valence-electron chi connectivity index (χ0n) is 25.6. The first-order valence-electron chi connectivity index (χ1n) is 16.2. The van der Waals surface area contributed by atoms with E-state index in [0.29, 0.717) is 17.8 Å². The van der Waals surface area contributed by atoms with Crippen molar-refractivity contribution in [2.75, 3.05) is 0 Å². The molecular weight excluding hydrogens is 484 g/mol. The van der Waals surface area contributed by atoms with E-state index in [4.69, 9.17) is 10.4 Å². The summed E-state index contributed by atoms with van der Waals surface area (Å²) in [5, 5.41) is 9.01. The summed E-state index contributed by atoms with van der Waals surface area (Å²) in [5.74, 6) is 1.75. The smallest absolute Gasteiger partial charge is 0.0668 e. The quantitative estimate of drug-likeness (QED) is 0.192. The molecule has 0 spiro atoms. The van der Waals surface area contributed by atoms with Gasteiger partial charge in [-0.3, -0.25) is 4.99 Å². The van der Waals surface area contributed by atoms with E-state index >= 15 is 0 Å². The molecular formula is C38H52N2. The number of benzene rings is 1. The van der Waals surface area contributed by atoms with E-state index in [1.54, 1.807) is 0 Å². The first-order chi connectivity index (χ1) is 19.5. The van der Waals surface area contributed by atoms with Crippen LogP contribution in [0.1, 0.15) is 115 Å². The Morgan fingerprint density at radius 1 is 1.07 bits per heavy atom. The molecule has 0 bridgehead atoms. The standard InChI is InChI=1S/C38H52N2/c1-5-6-7-16-29(3)30(4)27-36(39)34-22-9-8-17-31(34)18-13-19-32-20-14-25-37(33-21-12-15-28(2)26-33)40-38-24-11-10-23-35(32)38/h8-9,12,15,20-23,25-26,29-31,39H,5-7,10-11,13-14,16-19,24,27H2,1-4H3/b32-20?,37-25-,39-36?,40-38?. The number of fused-ring (bicyclic) bond motifs is 1. The summed E-state index contributed by atoms with van der Waals surface area (Å²) in [6, 6.07) is 8.74. The molecule has 0 amide bonds. The molecule has 0 fully saturated rings. The van der Waals surface area contributed by atoms with Gasteiger partial charge in [-0.25, -0.2) is 0 Å². The molecule has 40 heavy (non-hydrogen) atoms. The van der Waals surface area contributed by atoms with Crippen molar-refractivity contribution in [3.63, 3.8) is 0 Å². The minimum atomic E-state index is 0.482. The summed E-state index contributed by atoms with van der Waals surface area (Å²) in [7, 11) is 0. The molecule has 3 unspecified atom stereocenters. The van der Waals surface area contributed by atoms with Crippen molar-refractivity contribution in [3.8, 4) is 0 Å². The summed E-state index contributed by atoms with van der Waals surface area (Å²) in [5.41, 5.74) is 9.98. The molecule has 0 saturated heterocycles. The van der Waals surface area contributed by atoms with Gasteiger partial charge in [0.05, 0.1) is 5.70 Å². The second kappa shape index (κ2) is 15.3. The summed E-state index contributed by atoms with van der Waals surface area (Å²) in [4.78, 5) is 5.24. The topological polar surface area (TPSA) is 36.2 Å². The number of rotatable bonds is 13. The third kappa shape index (κ3) is 8.38. The van der Waals surface area contributed by atoms with E-state index in [-0.39, 0.29) is 0 Å². The third-order valence-corrected chi connectivity index (χ3v) is 9.25. The van der Waals surface area contributed by atoms with Gasteiger partial charge in [0.1, 0.15) is 0 Å². The van der Waals surface area contributed by atoms with Gasteiger partial charge in [0.2, 0.25) is 0 Å². The lowest BCUT2D eigenvalue weighted by Gasteiger charge is -2.26. The van der Waals surface area contributed by atoms with Crippen LogP contribution in [0.4, 0.5) is 0 Å². The highest BCUT2D eigenvalue weighted by molar-refractivity contribution is 6.07. The lowest BCUT2D eigenvalue weighted by molar-refractivity contribution is 0.360. The molecule has 2 heteroatoms. The van der Waals surface area contributed by atoms with Gasteiger partial charge in [-0.05, 0) is 105 Å². The van der Waals surface area contributed by atoms with E-state index in [0.717, 1.165) is 62.8 Å². The van der Waals surface area contributed by atoms with E-state index in [1.807, 2.05) is 0 Å². The molecule has 0 radical (unpaired) electrons. The zero-order valence-corrected chi connectivity index (χ0v) is 25.6. The second-order valence-corrected chi connectivity index (χ2v) is 12.5.